The van der Waals surface area contributed by atoms with Crippen molar-refractivity contribution in [3.8, 4) is 0 Å². The van der Waals surface area contributed by atoms with Crippen molar-refractivity contribution in [1.29, 1.82) is 0 Å². The van der Waals surface area contributed by atoms with Gasteiger partial charge < -0.3 is 10.1 Å². The molecule has 0 aliphatic carbocycles. The minimum Gasteiger partial charge on any atom is -0.379 e. The number of hydrogen-bond donors (Lipinski definition) is 1. The van der Waals surface area contributed by atoms with Crippen LogP contribution in [0.15, 0.2) is 30.3 Å². The Kier molecular flexibility index (Phi) is 6.14. The van der Waals surface area contributed by atoms with Crippen LogP contribution in [0, 0.1) is 0 Å². The molecule has 24 heavy (non-hydrogen) atoms. The van der Waals surface area contributed by atoms with Crippen LogP contribution in [0.2, 0.25) is 8.67 Å². The van der Waals surface area contributed by atoms with Crippen molar-refractivity contribution in [3.63, 3.8) is 0 Å². The van der Waals surface area contributed by atoms with E-state index in [0.717, 1.165) is 38.4 Å². The molecule has 128 valence electrons. The Morgan fingerprint density at radius 2 is 1.83 bits per heavy atom. The molecule has 0 radical (unpaired) electrons. The van der Waals surface area contributed by atoms with Gasteiger partial charge in [-0.25, -0.2) is 0 Å². The number of rotatable bonds is 5. The molecule has 3 rings (SSSR count). The standard InChI is InChI=1S/C17H18Cl2N2O2S/c18-15-9-14(16(19)24-15)17(22)20-10-12-1-3-13(4-2-12)11-21-5-7-23-8-6-21/h1-4,9H,5-8,10-11H2,(H,20,22). The van der Waals surface area contributed by atoms with E-state index in [1.165, 1.54) is 16.9 Å². The van der Waals surface area contributed by atoms with E-state index in [2.05, 4.69) is 22.3 Å². The molecule has 1 N–H and O–H groups in total. The van der Waals surface area contributed by atoms with Crippen molar-refractivity contribution >= 4 is 40.4 Å². The Hall–Kier alpha value is -1.11. The lowest BCUT2D eigenvalue weighted by Gasteiger charge is -2.26. The molecular formula is C17H18Cl2N2O2S. The van der Waals surface area contributed by atoms with Crippen LogP contribution in [0.5, 0.6) is 0 Å². The van der Waals surface area contributed by atoms with Crippen LogP contribution in [0.1, 0.15) is 21.5 Å². The molecule has 1 aliphatic heterocycles. The summed E-state index contributed by atoms with van der Waals surface area (Å²) in [5.74, 6) is -0.208. The van der Waals surface area contributed by atoms with Gasteiger partial charge in [-0.15, -0.1) is 11.3 Å². The van der Waals surface area contributed by atoms with Gasteiger partial charge in [-0.2, -0.15) is 0 Å². The van der Waals surface area contributed by atoms with Crippen LogP contribution in [-0.2, 0) is 17.8 Å². The molecule has 7 heteroatoms. The van der Waals surface area contributed by atoms with Gasteiger partial charge in [-0.1, -0.05) is 47.5 Å². The Balaban J connectivity index is 1.52. The molecule has 0 bridgehead atoms. The lowest BCUT2D eigenvalue weighted by atomic mass is 10.1. The average Bonchev–Trinajstić information content (AvgIpc) is 2.93. The zero-order chi connectivity index (χ0) is 16.9. The maximum Gasteiger partial charge on any atom is 0.253 e. The third-order valence-corrected chi connectivity index (χ3v) is 5.37. The number of thiophene rings is 1. The highest BCUT2D eigenvalue weighted by molar-refractivity contribution is 7.20. The lowest BCUT2D eigenvalue weighted by molar-refractivity contribution is 0.0342. The number of nitrogens with zero attached hydrogens (tertiary/aromatic N) is 1. The summed E-state index contributed by atoms with van der Waals surface area (Å²) in [4.78, 5) is 14.5. The van der Waals surface area contributed by atoms with Crippen LogP contribution in [-0.4, -0.2) is 37.1 Å². The van der Waals surface area contributed by atoms with Gasteiger partial charge in [0.15, 0.2) is 0 Å². The van der Waals surface area contributed by atoms with Gasteiger partial charge in [0.05, 0.1) is 23.1 Å². The van der Waals surface area contributed by atoms with Crippen molar-refractivity contribution in [2.24, 2.45) is 0 Å². The third kappa shape index (κ3) is 4.71. The van der Waals surface area contributed by atoms with Gasteiger partial charge in [0.2, 0.25) is 0 Å². The van der Waals surface area contributed by atoms with Crippen LogP contribution in [0.3, 0.4) is 0 Å². The zero-order valence-corrected chi connectivity index (χ0v) is 15.4. The monoisotopic (exact) mass is 384 g/mol. The first-order chi connectivity index (χ1) is 11.6. The highest BCUT2D eigenvalue weighted by atomic mass is 35.5. The Labute approximate surface area is 155 Å². The van der Waals surface area contributed by atoms with E-state index in [1.54, 1.807) is 6.07 Å². The molecule has 0 saturated carbocycles. The molecule has 1 fully saturated rings. The van der Waals surface area contributed by atoms with Crippen molar-refractivity contribution in [1.82, 2.24) is 10.2 Å². The first-order valence-electron chi connectivity index (χ1n) is 7.73. The molecule has 1 saturated heterocycles. The second kappa shape index (κ2) is 8.32. The zero-order valence-electron chi connectivity index (χ0n) is 13.1. The molecule has 0 atom stereocenters. The highest BCUT2D eigenvalue weighted by Gasteiger charge is 2.14. The molecular weight excluding hydrogens is 367 g/mol. The highest BCUT2D eigenvalue weighted by Crippen LogP contribution is 2.31. The van der Waals surface area contributed by atoms with E-state index < -0.39 is 0 Å². The van der Waals surface area contributed by atoms with Crippen molar-refractivity contribution in [2.75, 3.05) is 26.3 Å². The maximum atomic E-state index is 12.1. The number of benzene rings is 1. The molecule has 0 unspecified atom stereocenters. The predicted molar refractivity (Wildman–Crippen MR) is 98.0 cm³/mol. The van der Waals surface area contributed by atoms with Gasteiger partial charge in [0.25, 0.3) is 5.91 Å². The first kappa shape index (κ1) is 17.7. The molecule has 0 spiro atoms. The summed E-state index contributed by atoms with van der Waals surface area (Å²) in [6.07, 6.45) is 0. The number of nitrogens with one attached hydrogen (secondary N) is 1. The number of hydrogen-bond acceptors (Lipinski definition) is 4. The fourth-order valence-electron chi connectivity index (χ4n) is 2.55. The summed E-state index contributed by atoms with van der Waals surface area (Å²) >= 11 is 13.1. The summed E-state index contributed by atoms with van der Waals surface area (Å²) < 4.78 is 6.29. The Bertz CT molecular complexity index is 697. The van der Waals surface area contributed by atoms with Crippen molar-refractivity contribution in [3.05, 3.63) is 55.7 Å². The third-order valence-electron chi connectivity index (χ3n) is 3.89. The van der Waals surface area contributed by atoms with Crippen LogP contribution in [0.25, 0.3) is 0 Å². The minimum absolute atomic E-state index is 0.208. The van der Waals surface area contributed by atoms with Crippen molar-refractivity contribution < 1.29 is 9.53 Å². The SMILES string of the molecule is O=C(NCc1ccc(CN2CCOCC2)cc1)c1cc(Cl)sc1Cl. The smallest absolute Gasteiger partial charge is 0.253 e. The second-order valence-corrected chi connectivity index (χ2v) is 7.91. The average molecular weight is 385 g/mol. The second-order valence-electron chi connectivity index (χ2n) is 5.63. The molecule has 4 nitrogen and oxygen atoms in total. The number of carbonyl (C=O) groups excluding carboxylic acids is 1. The number of carbonyl (C=O) groups is 1. The summed E-state index contributed by atoms with van der Waals surface area (Å²) in [5, 5.41) is 2.87. The largest absolute Gasteiger partial charge is 0.379 e. The Morgan fingerprint density at radius 1 is 1.17 bits per heavy atom. The van der Waals surface area contributed by atoms with Gasteiger partial charge >= 0.3 is 0 Å². The van der Waals surface area contributed by atoms with E-state index in [4.69, 9.17) is 27.9 Å². The predicted octanol–water partition coefficient (Wildman–Crippen LogP) is 3.82. The number of amides is 1. The van der Waals surface area contributed by atoms with Crippen LogP contribution < -0.4 is 5.32 Å². The summed E-state index contributed by atoms with van der Waals surface area (Å²) in [6, 6.07) is 9.88. The number of ether oxygens (including phenoxy) is 1. The molecule has 1 amide bonds. The fourth-order valence-corrected chi connectivity index (χ4v) is 4.01. The van der Waals surface area contributed by atoms with Gasteiger partial charge in [-0.3, -0.25) is 9.69 Å². The normalized spacial score (nSPS) is 15.4. The molecule has 1 aromatic heterocycles. The van der Waals surface area contributed by atoms with Crippen molar-refractivity contribution in [2.45, 2.75) is 13.1 Å². The van der Waals surface area contributed by atoms with E-state index in [1.807, 2.05) is 12.1 Å². The van der Waals surface area contributed by atoms with Gasteiger partial charge in [0.1, 0.15) is 4.34 Å². The van der Waals surface area contributed by atoms with Crippen LogP contribution >= 0.6 is 34.5 Å². The van der Waals surface area contributed by atoms with E-state index in [-0.39, 0.29) is 5.91 Å². The summed E-state index contributed by atoms with van der Waals surface area (Å²) in [7, 11) is 0. The first-order valence-corrected chi connectivity index (χ1v) is 9.30. The van der Waals surface area contributed by atoms with E-state index in [0.29, 0.717) is 20.8 Å². The lowest BCUT2D eigenvalue weighted by Crippen LogP contribution is -2.35. The molecule has 2 heterocycles. The topological polar surface area (TPSA) is 41.6 Å². The Morgan fingerprint density at radius 3 is 2.46 bits per heavy atom. The quantitative estimate of drug-likeness (QED) is 0.851. The van der Waals surface area contributed by atoms with Crippen LogP contribution in [0.4, 0.5) is 0 Å². The summed E-state index contributed by atoms with van der Waals surface area (Å²) in [6.45, 7) is 4.95. The molecule has 2 aromatic rings. The van der Waals surface area contributed by atoms with E-state index >= 15 is 0 Å². The fraction of sp³-hybridized carbons (Fsp3) is 0.353. The van der Waals surface area contributed by atoms with Gasteiger partial charge in [0, 0.05) is 26.2 Å². The summed E-state index contributed by atoms with van der Waals surface area (Å²) in [5.41, 5.74) is 2.74. The molecule has 1 aromatic carbocycles. The molecule has 1 aliphatic rings. The number of morpholine rings is 1. The van der Waals surface area contributed by atoms with E-state index in [9.17, 15) is 4.79 Å². The van der Waals surface area contributed by atoms with Gasteiger partial charge in [-0.05, 0) is 17.2 Å². The minimum atomic E-state index is -0.208. The maximum absolute atomic E-state index is 12.1. The number of halogens is 2.